The smallest absolute Gasteiger partial charge is 0.335 e. The van der Waals surface area contributed by atoms with Gasteiger partial charge in [-0.05, 0) is 76.5 Å². The van der Waals surface area contributed by atoms with Gasteiger partial charge in [0.15, 0.2) is 6.61 Å². The Labute approximate surface area is 230 Å². The molecule has 4 rings (SSSR count). The summed E-state index contributed by atoms with van der Waals surface area (Å²) >= 11 is 15.5. The zero-order valence-electron chi connectivity index (χ0n) is 19.2. The van der Waals surface area contributed by atoms with Gasteiger partial charge < -0.3 is 10.1 Å². The molecule has 0 aromatic heterocycles. The number of barbiturate groups is 1. The van der Waals surface area contributed by atoms with Gasteiger partial charge in [-0.25, -0.2) is 9.69 Å². The minimum absolute atomic E-state index is 0.237. The predicted molar refractivity (Wildman–Crippen MR) is 145 cm³/mol. The number of urea groups is 1. The number of hydrogen-bond donors (Lipinski definition) is 2. The van der Waals surface area contributed by atoms with Crippen molar-refractivity contribution >= 4 is 80.3 Å². The van der Waals surface area contributed by atoms with E-state index in [0.717, 1.165) is 4.90 Å². The lowest BCUT2D eigenvalue weighted by atomic mass is 10.1. The molecule has 0 aliphatic carbocycles. The molecule has 5 amide bonds. The molecule has 1 saturated heterocycles. The Morgan fingerprint density at radius 2 is 1.84 bits per heavy atom. The number of hydrogen-bond acceptors (Lipinski definition) is 5. The summed E-state index contributed by atoms with van der Waals surface area (Å²) in [6.45, 7) is 1.44. The largest absolute Gasteiger partial charge is 0.483 e. The van der Waals surface area contributed by atoms with Crippen molar-refractivity contribution in [2.45, 2.75) is 6.92 Å². The van der Waals surface area contributed by atoms with Crippen LogP contribution in [0.4, 0.5) is 16.2 Å². The summed E-state index contributed by atoms with van der Waals surface area (Å²) in [6, 6.07) is 15.5. The van der Waals surface area contributed by atoms with Crippen molar-refractivity contribution in [3.05, 3.63) is 91.9 Å². The summed E-state index contributed by atoms with van der Waals surface area (Å²) < 4.78 is 6.06. The molecule has 1 aliphatic heterocycles. The van der Waals surface area contributed by atoms with Gasteiger partial charge in [-0.3, -0.25) is 19.7 Å². The summed E-state index contributed by atoms with van der Waals surface area (Å²) in [6.07, 6.45) is 1.36. The van der Waals surface area contributed by atoms with Gasteiger partial charge in [-0.1, -0.05) is 47.5 Å². The first-order valence-corrected chi connectivity index (χ1v) is 12.3. The van der Waals surface area contributed by atoms with E-state index in [1.54, 1.807) is 61.5 Å². The number of para-hydroxylation sites is 1. The topological polar surface area (TPSA) is 105 Å². The summed E-state index contributed by atoms with van der Waals surface area (Å²) in [5.74, 6) is -1.65. The van der Waals surface area contributed by atoms with Gasteiger partial charge >= 0.3 is 6.03 Å². The number of nitrogens with one attached hydrogen (secondary N) is 2. The number of benzene rings is 3. The van der Waals surface area contributed by atoms with Crippen LogP contribution in [0.1, 0.15) is 11.1 Å². The highest BCUT2D eigenvalue weighted by molar-refractivity contribution is 9.10. The van der Waals surface area contributed by atoms with E-state index in [1.165, 1.54) is 12.1 Å². The number of imide groups is 2. The van der Waals surface area contributed by atoms with E-state index in [-0.39, 0.29) is 17.9 Å². The first kappa shape index (κ1) is 26.4. The van der Waals surface area contributed by atoms with E-state index in [4.69, 9.17) is 27.9 Å². The van der Waals surface area contributed by atoms with Gasteiger partial charge in [0.25, 0.3) is 17.7 Å². The Kier molecular flexibility index (Phi) is 7.97. The van der Waals surface area contributed by atoms with Gasteiger partial charge in [-0.2, -0.15) is 0 Å². The molecule has 3 aromatic rings. The monoisotopic (exact) mass is 601 g/mol. The van der Waals surface area contributed by atoms with E-state index in [2.05, 4.69) is 26.6 Å². The number of halogens is 3. The minimum Gasteiger partial charge on any atom is -0.483 e. The highest BCUT2D eigenvalue weighted by Gasteiger charge is 2.37. The Morgan fingerprint density at radius 1 is 1.08 bits per heavy atom. The predicted octanol–water partition coefficient (Wildman–Crippen LogP) is 5.75. The van der Waals surface area contributed by atoms with Crippen LogP contribution in [0.3, 0.4) is 0 Å². The SMILES string of the molecule is Cc1ccc(Cl)cc1N1C(=O)NC(=O)/C(=C\c2ccc(OCC(=O)Nc3ccccc3Cl)c(Br)c2)C1=O. The van der Waals surface area contributed by atoms with Crippen LogP contribution in [0.25, 0.3) is 6.08 Å². The lowest BCUT2D eigenvalue weighted by molar-refractivity contribution is -0.122. The molecule has 0 unspecified atom stereocenters. The van der Waals surface area contributed by atoms with E-state index in [1.807, 2.05) is 0 Å². The standard InChI is InChI=1S/C26H18BrCl2N3O5/c1-14-6-8-16(28)12-21(14)32-25(35)17(24(34)31-26(32)36)10-15-7-9-22(18(27)11-15)37-13-23(33)30-20-5-3-2-4-19(20)29/h2-12H,13H2,1H3,(H,30,33)(H,31,34,36)/b17-10+. The van der Waals surface area contributed by atoms with Gasteiger partial charge in [0.2, 0.25) is 0 Å². The van der Waals surface area contributed by atoms with Crippen molar-refractivity contribution in [2.75, 3.05) is 16.8 Å². The van der Waals surface area contributed by atoms with Crippen molar-refractivity contribution in [3.63, 3.8) is 0 Å². The van der Waals surface area contributed by atoms with Crippen LogP contribution in [0.5, 0.6) is 5.75 Å². The third kappa shape index (κ3) is 6.02. The maximum atomic E-state index is 13.2. The number of rotatable bonds is 6. The number of anilines is 2. The van der Waals surface area contributed by atoms with Gasteiger partial charge in [0, 0.05) is 5.02 Å². The van der Waals surface area contributed by atoms with E-state index in [9.17, 15) is 19.2 Å². The van der Waals surface area contributed by atoms with Gasteiger partial charge in [0.05, 0.1) is 20.9 Å². The molecule has 1 heterocycles. The normalized spacial score (nSPS) is 14.5. The third-order valence-corrected chi connectivity index (χ3v) is 6.47. The number of carbonyl (C=O) groups is 4. The molecule has 8 nitrogen and oxygen atoms in total. The third-order valence-electron chi connectivity index (χ3n) is 5.29. The molecule has 1 aliphatic rings. The van der Waals surface area contributed by atoms with Crippen LogP contribution < -0.4 is 20.3 Å². The van der Waals surface area contributed by atoms with Crippen LogP contribution in [0.2, 0.25) is 10.0 Å². The molecular formula is C26H18BrCl2N3O5. The van der Waals surface area contributed by atoms with Crippen LogP contribution in [-0.2, 0) is 14.4 Å². The maximum Gasteiger partial charge on any atom is 0.335 e. The first-order chi connectivity index (χ1) is 17.6. The number of aryl methyl sites for hydroxylation is 1. The second-order valence-corrected chi connectivity index (χ2v) is 9.59. The summed E-state index contributed by atoms with van der Waals surface area (Å²) in [4.78, 5) is 51.2. The van der Waals surface area contributed by atoms with Crippen molar-refractivity contribution in [1.29, 1.82) is 0 Å². The second kappa shape index (κ2) is 11.2. The quantitative estimate of drug-likeness (QED) is 0.276. The number of ether oxygens (including phenoxy) is 1. The summed E-state index contributed by atoms with van der Waals surface area (Å²) in [7, 11) is 0. The van der Waals surface area contributed by atoms with Crippen LogP contribution in [0, 0.1) is 6.92 Å². The lowest BCUT2D eigenvalue weighted by Gasteiger charge is -2.27. The average Bonchev–Trinajstić information content (AvgIpc) is 2.84. The summed E-state index contributed by atoms with van der Waals surface area (Å²) in [5, 5.41) is 5.59. The number of amides is 5. The van der Waals surface area contributed by atoms with E-state index < -0.39 is 23.8 Å². The fourth-order valence-corrected chi connectivity index (χ4v) is 4.34. The molecule has 11 heteroatoms. The second-order valence-electron chi connectivity index (χ2n) is 7.90. The Morgan fingerprint density at radius 3 is 2.57 bits per heavy atom. The minimum atomic E-state index is -0.863. The van der Waals surface area contributed by atoms with Crippen molar-refractivity contribution in [3.8, 4) is 5.75 Å². The Hall–Kier alpha value is -3.66. The number of nitrogens with zero attached hydrogens (tertiary/aromatic N) is 1. The fraction of sp³-hybridized carbons (Fsp3) is 0.0769. The average molecular weight is 603 g/mol. The molecule has 0 atom stereocenters. The first-order valence-electron chi connectivity index (χ1n) is 10.8. The lowest BCUT2D eigenvalue weighted by Crippen LogP contribution is -2.54. The van der Waals surface area contributed by atoms with Crippen molar-refractivity contribution in [2.24, 2.45) is 0 Å². The van der Waals surface area contributed by atoms with E-state index in [0.29, 0.717) is 37.1 Å². The highest BCUT2D eigenvalue weighted by atomic mass is 79.9. The van der Waals surface area contributed by atoms with Gasteiger partial charge in [-0.15, -0.1) is 0 Å². The molecule has 0 radical (unpaired) electrons. The maximum absolute atomic E-state index is 13.2. The molecule has 37 heavy (non-hydrogen) atoms. The Balaban J connectivity index is 1.51. The molecule has 188 valence electrons. The number of carbonyl (C=O) groups excluding carboxylic acids is 4. The highest BCUT2D eigenvalue weighted by Crippen LogP contribution is 2.30. The molecule has 0 spiro atoms. The summed E-state index contributed by atoms with van der Waals surface area (Å²) in [5.41, 5.74) is 1.61. The molecule has 2 N–H and O–H groups in total. The van der Waals surface area contributed by atoms with Crippen molar-refractivity contribution < 1.29 is 23.9 Å². The van der Waals surface area contributed by atoms with Gasteiger partial charge in [0.1, 0.15) is 11.3 Å². The Bertz CT molecular complexity index is 1470. The zero-order chi connectivity index (χ0) is 26.7. The zero-order valence-corrected chi connectivity index (χ0v) is 22.3. The molecule has 0 bridgehead atoms. The van der Waals surface area contributed by atoms with E-state index >= 15 is 0 Å². The van der Waals surface area contributed by atoms with Crippen LogP contribution >= 0.6 is 39.1 Å². The van der Waals surface area contributed by atoms with Crippen LogP contribution in [0.15, 0.2) is 70.7 Å². The molecule has 0 saturated carbocycles. The van der Waals surface area contributed by atoms with Crippen LogP contribution in [-0.4, -0.2) is 30.4 Å². The molecule has 3 aromatic carbocycles. The molecular weight excluding hydrogens is 585 g/mol. The van der Waals surface area contributed by atoms with Crippen molar-refractivity contribution in [1.82, 2.24) is 5.32 Å². The fourth-order valence-electron chi connectivity index (χ4n) is 3.48. The molecule has 1 fully saturated rings.